The lowest BCUT2D eigenvalue weighted by molar-refractivity contribution is 0.487. The summed E-state index contributed by atoms with van der Waals surface area (Å²) in [7, 11) is 0. The van der Waals surface area contributed by atoms with Crippen molar-refractivity contribution >= 4 is 43.1 Å². The van der Waals surface area contributed by atoms with Crippen LogP contribution in [0.1, 0.15) is 5.56 Å². The third-order valence-electron chi connectivity index (χ3n) is 12.1. The Morgan fingerprint density at radius 1 is 0.344 bits per heavy atom. The molecule has 2 heterocycles. The highest BCUT2D eigenvalue weighted by Crippen LogP contribution is 2.48. The second kappa shape index (κ2) is 13.9. The molecular weight excluding hydrogens is 743 g/mol. The SMILES string of the molecule is N#Cc1ccc2c3c(cccc13)Oc1cc(-c3ccc(-c4cc5c6ccccc6c(-c6nc(-c7ccccc7)cc(-c7ccccc7)n6)cc5c5ccccc45)cc3)ccc1-2. The number of hydrogen-bond donors (Lipinski definition) is 0. The van der Waals surface area contributed by atoms with E-state index >= 15 is 0 Å². The Hall–Kier alpha value is -8.39. The molecule has 1 aromatic heterocycles. The number of nitrogens with zero attached hydrogens (tertiary/aromatic N) is 3. The number of rotatable bonds is 5. The summed E-state index contributed by atoms with van der Waals surface area (Å²) in [4.78, 5) is 10.5. The van der Waals surface area contributed by atoms with Gasteiger partial charge in [0, 0.05) is 33.0 Å². The fraction of sp³-hybridized carbons (Fsp3) is 0. The van der Waals surface area contributed by atoms with E-state index in [0.717, 1.165) is 94.3 Å². The number of hydrogen-bond acceptors (Lipinski definition) is 4. The van der Waals surface area contributed by atoms with Crippen molar-refractivity contribution in [2.45, 2.75) is 0 Å². The lowest BCUT2D eigenvalue weighted by atomic mass is 9.88. The van der Waals surface area contributed by atoms with Gasteiger partial charge >= 0.3 is 0 Å². The highest BCUT2D eigenvalue weighted by molar-refractivity contribution is 6.23. The quantitative estimate of drug-likeness (QED) is 0.163. The van der Waals surface area contributed by atoms with Crippen LogP contribution in [-0.2, 0) is 0 Å². The van der Waals surface area contributed by atoms with Gasteiger partial charge < -0.3 is 4.74 Å². The van der Waals surface area contributed by atoms with E-state index < -0.39 is 0 Å². The van der Waals surface area contributed by atoms with Crippen LogP contribution in [0, 0.1) is 11.3 Å². The standard InChI is InChI=1S/C57H33N3O/c58-34-40-27-29-47-46-28-26-39(30-55(46)61-54-21-11-20-41(40)56(47)54)35-22-24-36(25-23-35)48-31-49-44-18-9-10-19-45(44)51(32-50(49)43-17-8-7-16-42(43)48)57-59-52(37-12-3-1-4-13-37)33-53(60-57)38-14-5-2-6-15-38/h1-33H. The Balaban J connectivity index is 0.979. The summed E-state index contributed by atoms with van der Waals surface area (Å²) in [5.41, 5.74) is 12.1. The Bertz CT molecular complexity index is 3550. The van der Waals surface area contributed by atoms with Gasteiger partial charge in [-0.25, -0.2) is 9.97 Å². The molecule has 1 aliphatic rings. The normalized spacial score (nSPS) is 11.7. The van der Waals surface area contributed by atoms with Gasteiger partial charge in [0.1, 0.15) is 11.5 Å². The van der Waals surface area contributed by atoms with Crippen molar-refractivity contribution in [1.82, 2.24) is 9.97 Å². The van der Waals surface area contributed by atoms with Gasteiger partial charge in [0.15, 0.2) is 5.82 Å². The molecule has 61 heavy (non-hydrogen) atoms. The van der Waals surface area contributed by atoms with Gasteiger partial charge in [-0.1, -0.05) is 158 Å². The lowest BCUT2D eigenvalue weighted by Gasteiger charge is -2.22. The zero-order valence-corrected chi connectivity index (χ0v) is 32.8. The average molecular weight is 776 g/mol. The predicted octanol–water partition coefficient (Wildman–Crippen LogP) is 15.1. The van der Waals surface area contributed by atoms with Crippen molar-refractivity contribution in [2.24, 2.45) is 0 Å². The van der Waals surface area contributed by atoms with Gasteiger partial charge in [0.2, 0.25) is 0 Å². The molecule has 0 bridgehead atoms. The molecule has 0 saturated heterocycles. The summed E-state index contributed by atoms with van der Waals surface area (Å²) in [5.74, 6) is 2.29. The largest absolute Gasteiger partial charge is 0.456 e. The zero-order valence-electron chi connectivity index (χ0n) is 32.8. The van der Waals surface area contributed by atoms with Crippen molar-refractivity contribution in [3.63, 3.8) is 0 Å². The molecule has 0 radical (unpaired) electrons. The maximum Gasteiger partial charge on any atom is 0.161 e. The molecule has 11 aromatic rings. The van der Waals surface area contributed by atoms with E-state index in [-0.39, 0.29) is 0 Å². The van der Waals surface area contributed by atoms with E-state index in [1.165, 1.54) is 21.7 Å². The van der Waals surface area contributed by atoms with Crippen LogP contribution in [0.3, 0.4) is 0 Å². The highest BCUT2D eigenvalue weighted by Gasteiger charge is 2.22. The number of fused-ring (bicyclic) bond motifs is 7. The van der Waals surface area contributed by atoms with Crippen LogP contribution in [0.4, 0.5) is 0 Å². The lowest BCUT2D eigenvalue weighted by Crippen LogP contribution is -1.98. The minimum atomic E-state index is 0.651. The molecule has 0 N–H and O–H groups in total. The second-order valence-electron chi connectivity index (χ2n) is 15.6. The number of aromatic nitrogens is 2. The van der Waals surface area contributed by atoms with E-state index in [4.69, 9.17) is 14.7 Å². The molecule has 1 aliphatic heterocycles. The monoisotopic (exact) mass is 775 g/mol. The van der Waals surface area contributed by atoms with Crippen LogP contribution >= 0.6 is 0 Å². The first-order valence-electron chi connectivity index (χ1n) is 20.4. The Labute approximate surface area is 352 Å². The maximum atomic E-state index is 9.73. The van der Waals surface area contributed by atoms with Crippen LogP contribution in [0.25, 0.3) is 110 Å². The Morgan fingerprint density at radius 2 is 0.885 bits per heavy atom. The third-order valence-corrected chi connectivity index (χ3v) is 12.1. The summed E-state index contributed by atoms with van der Waals surface area (Å²) in [5, 5.41) is 18.6. The van der Waals surface area contributed by atoms with Gasteiger partial charge in [0.05, 0.1) is 23.0 Å². The molecule has 4 nitrogen and oxygen atoms in total. The molecule has 0 spiro atoms. The molecule has 10 aromatic carbocycles. The van der Waals surface area contributed by atoms with Gasteiger partial charge in [-0.15, -0.1) is 0 Å². The molecule has 0 unspecified atom stereocenters. The third kappa shape index (κ3) is 5.67. The molecular formula is C57H33N3O. The molecule has 4 heteroatoms. The first kappa shape index (κ1) is 34.6. The van der Waals surface area contributed by atoms with Gasteiger partial charge in [-0.05, 0) is 103 Å². The minimum absolute atomic E-state index is 0.651. The average Bonchev–Trinajstić information content (AvgIpc) is 3.34. The van der Waals surface area contributed by atoms with Gasteiger partial charge in [-0.3, -0.25) is 0 Å². The molecule has 0 saturated carbocycles. The summed E-state index contributed by atoms with van der Waals surface area (Å²) < 4.78 is 6.50. The predicted molar refractivity (Wildman–Crippen MR) is 249 cm³/mol. The first-order chi connectivity index (χ1) is 30.2. The highest BCUT2D eigenvalue weighted by atomic mass is 16.5. The smallest absolute Gasteiger partial charge is 0.161 e. The van der Waals surface area contributed by atoms with E-state index in [2.05, 4.69) is 164 Å². The molecule has 0 atom stereocenters. The summed E-state index contributed by atoms with van der Waals surface area (Å²) in [6, 6.07) is 72.3. The fourth-order valence-corrected chi connectivity index (χ4v) is 9.21. The van der Waals surface area contributed by atoms with Gasteiger partial charge in [0.25, 0.3) is 0 Å². The molecule has 0 fully saturated rings. The zero-order chi connectivity index (χ0) is 40.4. The van der Waals surface area contributed by atoms with E-state index in [9.17, 15) is 5.26 Å². The van der Waals surface area contributed by atoms with Crippen molar-refractivity contribution in [1.29, 1.82) is 5.26 Å². The Morgan fingerprint density at radius 3 is 1.54 bits per heavy atom. The van der Waals surface area contributed by atoms with Crippen molar-refractivity contribution in [3.8, 4) is 84.9 Å². The van der Waals surface area contributed by atoms with Crippen LogP contribution in [-0.4, -0.2) is 9.97 Å². The van der Waals surface area contributed by atoms with Crippen LogP contribution in [0.5, 0.6) is 11.5 Å². The first-order valence-corrected chi connectivity index (χ1v) is 20.4. The topological polar surface area (TPSA) is 58.8 Å². The van der Waals surface area contributed by atoms with Crippen molar-refractivity contribution < 1.29 is 4.74 Å². The number of ether oxygens (including phenoxy) is 1. The van der Waals surface area contributed by atoms with Gasteiger partial charge in [-0.2, -0.15) is 5.26 Å². The summed E-state index contributed by atoms with van der Waals surface area (Å²) in [6.07, 6.45) is 0. The van der Waals surface area contributed by atoms with Crippen LogP contribution < -0.4 is 4.74 Å². The fourth-order valence-electron chi connectivity index (χ4n) is 9.21. The number of nitriles is 1. The number of benzene rings is 10. The van der Waals surface area contributed by atoms with Crippen LogP contribution in [0.2, 0.25) is 0 Å². The van der Waals surface area contributed by atoms with Crippen molar-refractivity contribution in [2.75, 3.05) is 0 Å². The van der Waals surface area contributed by atoms with E-state index in [1.54, 1.807) is 0 Å². The van der Waals surface area contributed by atoms with Crippen molar-refractivity contribution in [3.05, 3.63) is 206 Å². The van der Waals surface area contributed by atoms with Crippen LogP contribution in [0.15, 0.2) is 200 Å². The van der Waals surface area contributed by atoms with E-state index in [1.807, 2.05) is 42.5 Å². The molecule has 12 rings (SSSR count). The maximum absolute atomic E-state index is 9.73. The molecule has 0 amide bonds. The molecule has 282 valence electrons. The summed E-state index contributed by atoms with van der Waals surface area (Å²) >= 11 is 0. The van der Waals surface area contributed by atoms with E-state index in [0.29, 0.717) is 11.4 Å². The summed E-state index contributed by atoms with van der Waals surface area (Å²) in [6.45, 7) is 0. The molecule has 0 aliphatic carbocycles. The Kier molecular flexibility index (Phi) is 7.88. The second-order valence-corrected chi connectivity index (χ2v) is 15.6. The minimum Gasteiger partial charge on any atom is -0.456 e.